The number of carbonyl (C=O) groups is 9. The molecular weight excluding hydrogens is 875 g/mol. The zero-order valence-corrected chi connectivity index (χ0v) is 40.5. The van der Waals surface area contributed by atoms with Crippen LogP contribution in [0.1, 0.15) is 101 Å². The first-order valence-corrected chi connectivity index (χ1v) is 22.7. The van der Waals surface area contributed by atoms with Crippen LogP contribution in [0, 0.1) is 23.7 Å². The van der Waals surface area contributed by atoms with Gasteiger partial charge in [-0.25, -0.2) is 4.79 Å². The number of phenols is 1. The van der Waals surface area contributed by atoms with E-state index in [1.165, 1.54) is 45.0 Å². The molecule has 0 radical (unpaired) electrons. The van der Waals surface area contributed by atoms with Gasteiger partial charge in [0, 0.05) is 6.42 Å². The average Bonchev–Trinajstić information content (AvgIpc) is 3.25. The lowest BCUT2D eigenvalue weighted by atomic mass is 9.94. The number of amides is 8. The molecule has 22 nitrogen and oxygen atoms in total. The molecule has 8 amide bonds. The minimum absolute atomic E-state index is 0.000735. The standard InChI is InChI=1S/C45H75N9O13/c1-12-23(7)34(52-41(62)33(22(5)6)51-38(59)26(10)47-39(60)30(18-21(3)4)48-37(58)25(9)46)42(63)53-35(24(8)13-2)43(64)54-36(27(11)56)44(65)50-32(20-55)40(61)49-31(45(66)67)19-28-14-16-29(57)17-15-28/h14-17,21-27,30-36,55-57H,12-13,18-20,46H2,1-11H3,(H,47,60)(H,48,58)(H,49,61)(H,50,65)(H,51,59)(H,52,62)(H,53,63)(H,54,64)(H,66,67)/t23-,24-,25-,26-,27+,30-,31-,32-,33-,34-,35-,36-/m0/s1. The average molecular weight is 950 g/mol. The minimum atomic E-state index is -1.74. The normalized spacial score (nSPS) is 16.7. The van der Waals surface area contributed by atoms with Crippen LogP contribution in [0.2, 0.25) is 0 Å². The van der Waals surface area contributed by atoms with Gasteiger partial charge in [-0.1, -0.05) is 80.4 Å². The number of aliphatic hydroxyl groups excluding tert-OH is 2. The number of aromatic hydroxyl groups is 1. The van der Waals surface area contributed by atoms with Gasteiger partial charge in [-0.3, -0.25) is 38.4 Å². The highest BCUT2D eigenvalue weighted by molar-refractivity contribution is 5.98. The maximum atomic E-state index is 14.1. The summed E-state index contributed by atoms with van der Waals surface area (Å²) in [6, 6.07) is -6.21. The molecule has 0 heterocycles. The van der Waals surface area contributed by atoms with Crippen molar-refractivity contribution in [3.8, 4) is 5.75 Å². The van der Waals surface area contributed by atoms with Crippen molar-refractivity contribution < 1.29 is 63.6 Å². The highest BCUT2D eigenvalue weighted by atomic mass is 16.4. The Morgan fingerprint density at radius 3 is 1.37 bits per heavy atom. The first kappa shape index (κ1) is 59.1. The maximum absolute atomic E-state index is 14.1. The van der Waals surface area contributed by atoms with Gasteiger partial charge in [0.2, 0.25) is 47.3 Å². The number of hydrogen-bond donors (Lipinski definition) is 13. The van der Waals surface area contributed by atoms with Crippen molar-refractivity contribution in [2.24, 2.45) is 29.4 Å². The smallest absolute Gasteiger partial charge is 0.326 e. The predicted octanol–water partition coefficient (Wildman–Crippen LogP) is -1.57. The van der Waals surface area contributed by atoms with Crippen LogP contribution in [0.15, 0.2) is 24.3 Å². The summed E-state index contributed by atoms with van der Waals surface area (Å²) < 4.78 is 0. The highest BCUT2D eigenvalue weighted by Crippen LogP contribution is 2.15. The summed E-state index contributed by atoms with van der Waals surface area (Å²) in [6.07, 6.45) is -0.823. The first-order valence-electron chi connectivity index (χ1n) is 22.7. The van der Waals surface area contributed by atoms with Crippen LogP contribution in [-0.4, -0.2) is 141 Å². The third kappa shape index (κ3) is 19.5. The number of nitrogens with two attached hydrogens (primary N) is 1. The second-order valence-corrected chi connectivity index (χ2v) is 17.9. The van der Waals surface area contributed by atoms with Crippen LogP contribution >= 0.6 is 0 Å². The molecule has 0 bridgehead atoms. The van der Waals surface area contributed by atoms with E-state index in [1.807, 2.05) is 13.8 Å². The lowest BCUT2D eigenvalue weighted by Crippen LogP contribution is -2.63. The molecule has 1 aromatic carbocycles. The third-order valence-electron chi connectivity index (χ3n) is 11.2. The van der Waals surface area contributed by atoms with Crippen molar-refractivity contribution in [1.29, 1.82) is 0 Å². The van der Waals surface area contributed by atoms with E-state index < -0.39 is 138 Å². The predicted molar refractivity (Wildman–Crippen MR) is 246 cm³/mol. The Kier molecular flexibility index (Phi) is 25.0. The molecule has 0 saturated heterocycles. The lowest BCUT2D eigenvalue weighted by molar-refractivity contribution is -0.142. The monoisotopic (exact) mass is 950 g/mol. The van der Waals surface area contributed by atoms with Crippen LogP contribution in [0.5, 0.6) is 5.75 Å². The zero-order valence-electron chi connectivity index (χ0n) is 40.5. The summed E-state index contributed by atoms with van der Waals surface area (Å²) in [5.41, 5.74) is 6.11. The van der Waals surface area contributed by atoms with Gasteiger partial charge in [0.25, 0.3) is 0 Å². The van der Waals surface area contributed by atoms with Gasteiger partial charge in [0.15, 0.2) is 0 Å². The molecule has 1 rings (SSSR count). The van der Waals surface area contributed by atoms with E-state index in [2.05, 4.69) is 42.5 Å². The highest BCUT2D eigenvalue weighted by Gasteiger charge is 2.38. The number of nitrogens with one attached hydrogen (secondary N) is 8. The molecule has 0 saturated carbocycles. The van der Waals surface area contributed by atoms with Crippen LogP contribution in [0.3, 0.4) is 0 Å². The van der Waals surface area contributed by atoms with E-state index in [1.54, 1.807) is 41.5 Å². The van der Waals surface area contributed by atoms with Gasteiger partial charge in [-0.05, 0) is 68.6 Å². The molecule has 22 heteroatoms. The minimum Gasteiger partial charge on any atom is -0.508 e. The van der Waals surface area contributed by atoms with E-state index >= 15 is 0 Å². The Balaban J connectivity index is 3.23. The van der Waals surface area contributed by atoms with E-state index in [9.17, 15) is 63.6 Å². The summed E-state index contributed by atoms with van der Waals surface area (Å²) in [5.74, 6) is -9.65. The Morgan fingerprint density at radius 1 is 0.537 bits per heavy atom. The summed E-state index contributed by atoms with van der Waals surface area (Å²) in [6.45, 7) is 16.9. The van der Waals surface area contributed by atoms with E-state index in [4.69, 9.17) is 5.73 Å². The fraction of sp³-hybridized carbons (Fsp3) is 0.667. The molecule has 1 aromatic rings. The van der Waals surface area contributed by atoms with E-state index in [0.717, 1.165) is 0 Å². The number of carbonyl (C=O) groups excluding carboxylic acids is 8. The van der Waals surface area contributed by atoms with Gasteiger partial charge in [-0.2, -0.15) is 0 Å². The number of carboxylic acid groups (broad SMARTS) is 1. The van der Waals surface area contributed by atoms with Crippen LogP contribution < -0.4 is 48.3 Å². The molecule has 0 fully saturated rings. The SMILES string of the molecule is CC[C@H](C)[C@H](NC(=O)[C@@H](NC(=O)[C@H](C)NC(=O)[C@H](CC(C)C)NC(=O)[C@H](C)N)C(C)C)C(=O)N[C@H](C(=O)N[C@H](C(=O)N[C@@H](CO)C(=O)N[C@@H](Cc1ccc(O)cc1)C(=O)O)[C@@H](C)O)[C@@H](C)CC. The largest absolute Gasteiger partial charge is 0.508 e. The molecule has 12 atom stereocenters. The number of aliphatic hydroxyl groups is 2. The molecule has 67 heavy (non-hydrogen) atoms. The second kappa shape index (κ2) is 28.3. The van der Waals surface area contributed by atoms with E-state index in [0.29, 0.717) is 18.4 Å². The Morgan fingerprint density at radius 2 is 0.955 bits per heavy atom. The maximum Gasteiger partial charge on any atom is 0.326 e. The van der Waals surface area contributed by atoms with Crippen LogP contribution in [-0.2, 0) is 49.6 Å². The molecule has 0 aliphatic carbocycles. The van der Waals surface area contributed by atoms with Crippen molar-refractivity contribution >= 4 is 53.2 Å². The Hall–Kier alpha value is -5.87. The summed E-state index contributed by atoms with van der Waals surface area (Å²) in [5, 5.41) is 59.9. The number of aliphatic carboxylic acids is 1. The Labute approximate surface area is 392 Å². The number of benzene rings is 1. The quantitative estimate of drug-likeness (QED) is 0.0452. The molecule has 14 N–H and O–H groups in total. The van der Waals surface area contributed by atoms with E-state index in [-0.39, 0.29) is 24.5 Å². The molecule has 0 aromatic heterocycles. The number of rotatable bonds is 28. The number of hydrogen-bond acceptors (Lipinski definition) is 13. The lowest BCUT2D eigenvalue weighted by Gasteiger charge is -2.32. The fourth-order valence-corrected chi connectivity index (χ4v) is 6.53. The van der Waals surface area contributed by atoms with Gasteiger partial charge in [0.1, 0.15) is 54.1 Å². The van der Waals surface area contributed by atoms with Crippen molar-refractivity contribution in [3.63, 3.8) is 0 Å². The summed E-state index contributed by atoms with van der Waals surface area (Å²) >= 11 is 0. The first-order chi connectivity index (χ1) is 31.2. The van der Waals surface area contributed by atoms with Gasteiger partial charge >= 0.3 is 5.97 Å². The Bertz CT molecular complexity index is 1840. The summed E-state index contributed by atoms with van der Waals surface area (Å²) in [4.78, 5) is 119. The number of carboxylic acids is 1. The van der Waals surface area contributed by atoms with Crippen molar-refractivity contribution in [2.45, 2.75) is 162 Å². The molecule has 0 aliphatic heterocycles. The second-order valence-electron chi connectivity index (χ2n) is 17.9. The third-order valence-corrected chi connectivity index (χ3v) is 11.2. The molecular formula is C45H75N9O13. The van der Waals surface area contributed by atoms with Crippen molar-refractivity contribution in [2.75, 3.05) is 6.61 Å². The fourth-order valence-electron chi connectivity index (χ4n) is 6.53. The molecule has 0 spiro atoms. The summed E-state index contributed by atoms with van der Waals surface area (Å²) in [7, 11) is 0. The topological polar surface area (TPSA) is 357 Å². The van der Waals surface area contributed by atoms with Gasteiger partial charge in [-0.15, -0.1) is 0 Å². The van der Waals surface area contributed by atoms with Crippen LogP contribution in [0.25, 0.3) is 0 Å². The molecule has 378 valence electrons. The van der Waals surface area contributed by atoms with Crippen molar-refractivity contribution in [1.82, 2.24) is 42.5 Å². The number of phenolic OH excluding ortho intramolecular Hbond substituents is 1. The van der Waals surface area contributed by atoms with Gasteiger partial charge in [0.05, 0.1) is 18.8 Å². The van der Waals surface area contributed by atoms with Crippen LogP contribution in [0.4, 0.5) is 0 Å². The van der Waals surface area contributed by atoms with Gasteiger partial charge < -0.3 is 68.7 Å². The zero-order chi connectivity index (χ0) is 51.5. The molecule has 0 aliphatic rings. The molecule has 0 unspecified atom stereocenters. The van der Waals surface area contributed by atoms with Crippen molar-refractivity contribution in [3.05, 3.63) is 29.8 Å².